The molecule has 0 aliphatic heterocycles. The van der Waals surface area contributed by atoms with Crippen molar-refractivity contribution in [1.82, 2.24) is 10.2 Å². The van der Waals surface area contributed by atoms with Crippen molar-refractivity contribution >= 4 is 17.5 Å². The van der Waals surface area contributed by atoms with Gasteiger partial charge in [0.15, 0.2) is 0 Å². The lowest BCUT2D eigenvalue weighted by molar-refractivity contribution is -0.137. The van der Waals surface area contributed by atoms with E-state index in [4.69, 9.17) is 0 Å². The van der Waals surface area contributed by atoms with Crippen LogP contribution in [0.4, 0.5) is 18.9 Å². The van der Waals surface area contributed by atoms with Crippen LogP contribution in [0.2, 0.25) is 0 Å². The van der Waals surface area contributed by atoms with Crippen molar-refractivity contribution < 1.29 is 22.8 Å². The molecule has 0 aliphatic rings. The number of benzene rings is 2. The number of para-hydroxylation sites is 1. The van der Waals surface area contributed by atoms with Gasteiger partial charge in [-0.2, -0.15) is 13.2 Å². The zero-order valence-corrected chi connectivity index (χ0v) is 16.3. The second-order valence-electron chi connectivity index (χ2n) is 6.60. The van der Waals surface area contributed by atoms with Crippen LogP contribution in [0.15, 0.2) is 48.5 Å². The molecule has 29 heavy (non-hydrogen) atoms. The van der Waals surface area contributed by atoms with E-state index >= 15 is 0 Å². The summed E-state index contributed by atoms with van der Waals surface area (Å²) in [6.07, 6.45) is -4.57. The molecule has 0 saturated heterocycles. The molecule has 0 spiro atoms. The van der Waals surface area contributed by atoms with E-state index in [0.717, 1.165) is 17.2 Å². The molecule has 0 fully saturated rings. The Morgan fingerprint density at radius 1 is 0.966 bits per heavy atom. The van der Waals surface area contributed by atoms with E-state index in [1.54, 1.807) is 11.8 Å². The first-order valence-corrected chi connectivity index (χ1v) is 9.20. The highest BCUT2D eigenvalue weighted by molar-refractivity contribution is 5.93. The van der Waals surface area contributed by atoms with Crippen molar-refractivity contribution in [2.45, 2.75) is 26.6 Å². The number of anilines is 1. The van der Waals surface area contributed by atoms with Gasteiger partial charge in [0, 0.05) is 6.54 Å². The maximum atomic E-state index is 13.0. The normalized spacial score (nSPS) is 11.4. The van der Waals surface area contributed by atoms with Gasteiger partial charge in [-0.05, 0) is 36.7 Å². The number of likely N-dealkylation sites (N-methyl/N-ethyl adjacent to an activating group) is 1. The van der Waals surface area contributed by atoms with Gasteiger partial charge in [0.25, 0.3) is 0 Å². The van der Waals surface area contributed by atoms with Crippen LogP contribution in [-0.2, 0) is 22.3 Å². The van der Waals surface area contributed by atoms with Crippen LogP contribution in [0, 0.1) is 6.92 Å². The first-order valence-electron chi connectivity index (χ1n) is 9.20. The van der Waals surface area contributed by atoms with Crippen LogP contribution in [0.5, 0.6) is 0 Å². The molecule has 0 saturated carbocycles. The Labute approximate surface area is 167 Å². The van der Waals surface area contributed by atoms with E-state index in [9.17, 15) is 22.8 Å². The summed E-state index contributed by atoms with van der Waals surface area (Å²) in [5.41, 5.74) is 0.839. The fourth-order valence-corrected chi connectivity index (χ4v) is 2.77. The highest BCUT2D eigenvalue weighted by atomic mass is 19.4. The predicted octanol–water partition coefficient (Wildman–Crippen LogP) is 3.59. The summed E-state index contributed by atoms with van der Waals surface area (Å²) < 4.78 is 39.1. The van der Waals surface area contributed by atoms with Crippen molar-refractivity contribution in [3.05, 3.63) is 65.2 Å². The first-order chi connectivity index (χ1) is 13.7. The van der Waals surface area contributed by atoms with Crippen LogP contribution < -0.4 is 10.6 Å². The molecule has 2 aromatic rings. The SMILES string of the molecule is CCN(CC(=O)NCc1ccccc1C)CC(=O)Nc1ccccc1C(F)(F)F. The number of carbonyl (C=O) groups excluding carboxylic acids is 2. The minimum absolute atomic E-state index is 0.0310. The molecule has 5 nitrogen and oxygen atoms in total. The number of nitrogens with one attached hydrogen (secondary N) is 2. The Morgan fingerprint density at radius 2 is 1.59 bits per heavy atom. The molecule has 0 unspecified atom stereocenters. The number of nitrogens with zero attached hydrogens (tertiary/aromatic N) is 1. The average molecular weight is 407 g/mol. The maximum Gasteiger partial charge on any atom is 0.418 e. The number of amides is 2. The van der Waals surface area contributed by atoms with Gasteiger partial charge in [0.1, 0.15) is 0 Å². The number of halogens is 3. The average Bonchev–Trinajstić information content (AvgIpc) is 2.66. The van der Waals surface area contributed by atoms with E-state index in [0.29, 0.717) is 13.1 Å². The molecule has 2 N–H and O–H groups in total. The summed E-state index contributed by atoms with van der Waals surface area (Å²) in [5.74, 6) is -0.881. The predicted molar refractivity (Wildman–Crippen MR) is 105 cm³/mol. The monoisotopic (exact) mass is 407 g/mol. The van der Waals surface area contributed by atoms with Gasteiger partial charge in [0.05, 0.1) is 24.3 Å². The topological polar surface area (TPSA) is 61.4 Å². The molecule has 0 aliphatic carbocycles. The third kappa shape index (κ3) is 6.90. The lowest BCUT2D eigenvalue weighted by atomic mass is 10.1. The summed E-state index contributed by atoms with van der Waals surface area (Å²) in [4.78, 5) is 26.0. The summed E-state index contributed by atoms with van der Waals surface area (Å²) >= 11 is 0. The number of hydrogen-bond donors (Lipinski definition) is 2. The first kappa shape index (κ1) is 22.4. The van der Waals surface area contributed by atoms with Gasteiger partial charge in [-0.3, -0.25) is 14.5 Å². The van der Waals surface area contributed by atoms with Crippen molar-refractivity contribution in [2.75, 3.05) is 25.0 Å². The van der Waals surface area contributed by atoms with Crippen molar-refractivity contribution in [2.24, 2.45) is 0 Å². The fraction of sp³-hybridized carbons (Fsp3) is 0.333. The minimum atomic E-state index is -4.57. The molecular formula is C21H24F3N3O2. The maximum absolute atomic E-state index is 13.0. The Hall–Kier alpha value is -2.87. The Morgan fingerprint density at radius 3 is 2.24 bits per heavy atom. The van der Waals surface area contributed by atoms with Crippen LogP contribution >= 0.6 is 0 Å². The van der Waals surface area contributed by atoms with Crippen LogP contribution in [-0.4, -0.2) is 36.3 Å². The van der Waals surface area contributed by atoms with Crippen molar-refractivity contribution in [3.63, 3.8) is 0 Å². The molecule has 0 atom stereocenters. The van der Waals surface area contributed by atoms with E-state index in [1.807, 2.05) is 31.2 Å². The second kappa shape index (κ2) is 10.1. The zero-order chi connectivity index (χ0) is 21.4. The van der Waals surface area contributed by atoms with Gasteiger partial charge < -0.3 is 10.6 Å². The molecule has 0 heterocycles. The third-order valence-corrected chi connectivity index (χ3v) is 4.43. The summed E-state index contributed by atoms with van der Waals surface area (Å²) in [6, 6.07) is 12.4. The summed E-state index contributed by atoms with van der Waals surface area (Å²) in [7, 11) is 0. The van der Waals surface area contributed by atoms with E-state index in [-0.39, 0.29) is 24.7 Å². The molecule has 2 aromatic carbocycles. The Balaban J connectivity index is 1.90. The lowest BCUT2D eigenvalue weighted by Crippen LogP contribution is -2.41. The van der Waals surface area contributed by atoms with E-state index in [1.165, 1.54) is 18.2 Å². The standard InChI is InChI=1S/C21H24F3N3O2/c1-3-27(13-19(28)25-12-16-9-5-4-8-15(16)2)14-20(29)26-18-11-7-6-10-17(18)21(22,23)24/h4-11H,3,12-14H2,1-2H3,(H,25,28)(H,26,29). The number of alkyl halides is 3. The van der Waals surface area contributed by atoms with E-state index in [2.05, 4.69) is 10.6 Å². The minimum Gasteiger partial charge on any atom is -0.351 e. The quantitative estimate of drug-likeness (QED) is 0.703. The van der Waals surface area contributed by atoms with Crippen LogP contribution in [0.25, 0.3) is 0 Å². The highest BCUT2D eigenvalue weighted by Gasteiger charge is 2.33. The number of aryl methyl sites for hydroxylation is 1. The van der Waals surface area contributed by atoms with Crippen LogP contribution in [0.3, 0.4) is 0 Å². The highest BCUT2D eigenvalue weighted by Crippen LogP contribution is 2.34. The Bertz CT molecular complexity index is 853. The molecule has 2 rings (SSSR count). The molecule has 156 valence electrons. The van der Waals surface area contributed by atoms with Gasteiger partial charge in [-0.25, -0.2) is 0 Å². The fourth-order valence-electron chi connectivity index (χ4n) is 2.77. The summed E-state index contributed by atoms with van der Waals surface area (Å²) in [5, 5.41) is 5.08. The number of carbonyl (C=O) groups is 2. The summed E-state index contributed by atoms with van der Waals surface area (Å²) in [6.45, 7) is 4.26. The Kier molecular flexibility index (Phi) is 7.78. The molecule has 8 heteroatoms. The molecular weight excluding hydrogens is 383 g/mol. The molecule has 0 aromatic heterocycles. The molecule has 2 amide bonds. The van der Waals surface area contributed by atoms with Gasteiger partial charge in [-0.15, -0.1) is 0 Å². The largest absolute Gasteiger partial charge is 0.418 e. The molecule has 0 radical (unpaired) electrons. The third-order valence-electron chi connectivity index (χ3n) is 4.43. The zero-order valence-electron chi connectivity index (χ0n) is 16.3. The lowest BCUT2D eigenvalue weighted by Gasteiger charge is -2.20. The number of hydrogen-bond acceptors (Lipinski definition) is 3. The van der Waals surface area contributed by atoms with Crippen molar-refractivity contribution in [1.29, 1.82) is 0 Å². The van der Waals surface area contributed by atoms with Gasteiger partial charge >= 0.3 is 6.18 Å². The van der Waals surface area contributed by atoms with Gasteiger partial charge in [0.2, 0.25) is 11.8 Å². The molecule has 0 bridgehead atoms. The van der Waals surface area contributed by atoms with Crippen LogP contribution in [0.1, 0.15) is 23.6 Å². The number of rotatable bonds is 8. The van der Waals surface area contributed by atoms with Gasteiger partial charge in [-0.1, -0.05) is 43.3 Å². The second-order valence-corrected chi connectivity index (χ2v) is 6.60. The smallest absolute Gasteiger partial charge is 0.351 e. The van der Waals surface area contributed by atoms with E-state index < -0.39 is 17.6 Å². The van der Waals surface area contributed by atoms with Crippen molar-refractivity contribution in [3.8, 4) is 0 Å².